The van der Waals surface area contributed by atoms with Gasteiger partial charge in [0.15, 0.2) is 0 Å². The highest BCUT2D eigenvalue weighted by molar-refractivity contribution is 5.92. The van der Waals surface area contributed by atoms with Crippen LogP contribution in [0.15, 0.2) is 72.8 Å². The number of rotatable bonds is 7. The first-order valence-electron chi connectivity index (χ1n) is 12.3. The zero-order valence-corrected chi connectivity index (χ0v) is 20.7. The molecule has 0 aromatic heterocycles. The molecule has 0 spiro atoms. The summed E-state index contributed by atoms with van der Waals surface area (Å²) in [4.78, 5) is 39.7. The van der Waals surface area contributed by atoms with Crippen LogP contribution in [0.4, 0.5) is 4.79 Å². The summed E-state index contributed by atoms with van der Waals surface area (Å²) in [5.74, 6) is -1.34. The SMILES string of the molecule is COC(=O)C(Cc1ccc(O)cc1)N1CC(O)C(NC(=O)OCC2c3ccccc3-c3ccccc32)C1=O. The van der Waals surface area contributed by atoms with Crippen LogP contribution in [0, 0.1) is 0 Å². The largest absolute Gasteiger partial charge is 0.508 e. The number of benzene rings is 3. The van der Waals surface area contributed by atoms with E-state index < -0.39 is 36.2 Å². The number of phenolic OH excluding ortho intramolecular Hbond substituents is 1. The average Bonchev–Trinajstić information content (AvgIpc) is 3.40. The number of ether oxygens (including phenoxy) is 2. The molecule has 196 valence electrons. The smallest absolute Gasteiger partial charge is 0.407 e. The van der Waals surface area contributed by atoms with Gasteiger partial charge in [0.1, 0.15) is 30.5 Å². The van der Waals surface area contributed by atoms with Gasteiger partial charge < -0.3 is 29.9 Å². The average molecular weight is 517 g/mol. The summed E-state index contributed by atoms with van der Waals surface area (Å²) in [5, 5.41) is 22.6. The predicted molar refractivity (Wildman–Crippen MR) is 137 cm³/mol. The number of aliphatic hydroxyl groups excluding tert-OH is 1. The van der Waals surface area contributed by atoms with Crippen LogP contribution in [0.3, 0.4) is 0 Å². The van der Waals surface area contributed by atoms with Gasteiger partial charge in [0.05, 0.1) is 13.7 Å². The van der Waals surface area contributed by atoms with Crippen molar-refractivity contribution in [2.24, 2.45) is 0 Å². The van der Waals surface area contributed by atoms with Crippen molar-refractivity contribution in [2.75, 3.05) is 20.3 Å². The summed E-state index contributed by atoms with van der Waals surface area (Å²) in [6.45, 7) is -0.1000. The van der Waals surface area contributed by atoms with Crippen LogP contribution in [0.2, 0.25) is 0 Å². The van der Waals surface area contributed by atoms with E-state index in [-0.39, 0.29) is 31.2 Å². The molecule has 3 N–H and O–H groups in total. The second-order valence-corrected chi connectivity index (χ2v) is 9.42. The number of aromatic hydroxyl groups is 1. The highest BCUT2D eigenvalue weighted by Crippen LogP contribution is 2.44. The Bertz CT molecular complexity index is 1310. The lowest BCUT2D eigenvalue weighted by Gasteiger charge is -2.26. The number of methoxy groups -OCH3 is 1. The van der Waals surface area contributed by atoms with Crippen molar-refractivity contribution in [2.45, 2.75) is 30.5 Å². The van der Waals surface area contributed by atoms with E-state index in [4.69, 9.17) is 9.47 Å². The third-order valence-corrected chi connectivity index (χ3v) is 7.15. The van der Waals surface area contributed by atoms with Gasteiger partial charge in [-0.15, -0.1) is 0 Å². The number of aliphatic hydroxyl groups is 1. The lowest BCUT2D eigenvalue weighted by molar-refractivity contribution is -0.151. The summed E-state index contributed by atoms with van der Waals surface area (Å²) < 4.78 is 10.4. The van der Waals surface area contributed by atoms with Crippen LogP contribution in [0.5, 0.6) is 5.75 Å². The van der Waals surface area contributed by atoms with Gasteiger partial charge in [0.2, 0.25) is 5.91 Å². The van der Waals surface area contributed by atoms with Crippen molar-refractivity contribution in [3.05, 3.63) is 89.5 Å². The maximum atomic E-state index is 13.2. The number of likely N-dealkylation sites (tertiary alicyclic amines) is 1. The predicted octanol–water partition coefficient (Wildman–Crippen LogP) is 2.59. The number of alkyl carbamates (subject to hydrolysis) is 1. The summed E-state index contributed by atoms with van der Waals surface area (Å²) in [5.41, 5.74) is 4.99. The number of carbonyl (C=O) groups excluding carboxylic acids is 3. The van der Waals surface area contributed by atoms with Crippen LogP contribution in [0.1, 0.15) is 22.6 Å². The molecule has 2 aliphatic rings. The summed E-state index contributed by atoms with van der Waals surface area (Å²) in [6.07, 6.45) is -1.96. The molecule has 2 amide bonds. The monoisotopic (exact) mass is 516 g/mol. The molecule has 38 heavy (non-hydrogen) atoms. The number of carbonyl (C=O) groups is 3. The Morgan fingerprint density at radius 2 is 1.61 bits per heavy atom. The third kappa shape index (κ3) is 4.80. The molecule has 1 fully saturated rings. The molecule has 1 aliphatic carbocycles. The Labute approximate surface area is 219 Å². The second-order valence-electron chi connectivity index (χ2n) is 9.42. The molecule has 3 aromatic rings. The van der Waals surface area contributed by atoms with Gasteiger partial charge in [-0.05, 0) is 39.9 Å². The normalized spacial score (nSPS) is 19.0. The minimum atomic E-state index is -1.27. The summed E-state index contributed by atoms with van der Waals surface area (Å²) in [6, 6.07) is 19.8. The second kappa shape index (κ2) is 10.5. The number of hydrogen-bond acceptors (Lipinski definition) is 7. The molecule has 3 aromatic carbocycles. The van der Waals surface area contributed by atoms with Gasteiger partial charge in [-0.1, -0.05) is 60.7 Å². The first-order valence-corrected chi connectivity index (χ1v) is 12.3. The van der Waals surface area contributed by atoms with Crippen LogP contribution >= 0.6 is 0 Å². The molecule has 1 heterocycles. The van der Waals surface area contributed by atoms with E-state index >= 15 is 0 Å². The first kappa shape index (κ1) is 25.3. The maximum Gasteiger partial charge on any atom is 0.407 e. The molecule has 9 nitrogen and oxygen atoms in total. The number of fused-ring (bicyclic) bond motifs is 3. The maximum absolute atomic E-state index is 13.2. The Kier molecular flexibility index (Phi) is 7.02. The molecular formula is C29H28N2O7. The van der Waals surface area contributed by atoms with Gasteiger partial charge in [-0.25, -0.2) is 9.59 Å². The van der Waals surface area contributed by atoms with E-state index in [1.807, 2.05) is 48.5 Å². The molecule has 1 saturated heterocycles. The summed E-state index contributed by atoms with van der Waals surface area (Å²) in [7, 11) is 1.22. The van der Waals surface area contributed by atoms with Crippen molar-refractivity contribution in [1.29, 1.82) is 0 Å². The fourth-order valence-electron chi connectivity index (χ4n) is 5.26. The van der Waals surface area contributed by atoms with E-state index in [1.165, 1.54) is 24.1 Å². The van der Waals surface area contributed by atoms with E-state index in [9.17, 15) is 24.6 Å². The number of hydrogen-bond donors (Lipinski definition) is 3. The Hall–Kier alpha value is -4.37. The first-order chi connectivity index (χ1) is 18.4. The fourth-order valence-corrected chi connectivity index (χ4v) is 5.26. The number of amides is 2. The van der Waals surface area contributed by atoms with Gasteiger partial charge in [0, 0.05) is 12.3 Å². The molecule has 1 aliphatic heterocycles. The molecule has 0 bridgehead atoms. The van der Waals surface area contributed by atoms with Crippen molar-refractivity contribution < 1.29 is 34.1 Å². The highest BCUT2D eigenvalue weighted by atomic mass is 16.5. The van der Waals surface area contributed by atoms with Crippen LogP contribution in [0.25, 0.3) is 11.1 Å². The fraction of sp³-hybridized carbons (Fsp3) is 0.276. The number of esters is 1. The van der Waals surface area contributed by atoms with Crippen LogP contribution in [-0.2, 0) is 25.5 Å². The number of β-amino-alcohol motifs (C(OH)–C–C–N with tert-alkyl or cyclic N) is 1. The van der Waals surface area contributed by atoms with E-state index in [2.05, 4.69) is 5.32 Å². The molecule has 5 rings (SSSR count). The van der Waals surface area contributed by atoms with Crippen molar-refractivity contribution in [1.82, 2.24) is 10.2 Å². The topological polar surface area (TPSA) is 125 Å². The van der Waals surface area contributed by atoms with Gasteiger partial charge >= 0.3 is 12.1 Å². The Morgan fingerprint density at radius 3 is 2.21 bits per heavy atom. The Morgan fingerprint density at radius 1 is 1.00 bits per heavy atom. The summed E-state index contributed by atoms with van der Waals surface area (Å²) >= 11 is 0. The van der Waals surface area contributed by atoms with Crippen LogP contribution < -0.4 is 5.32 Å². The van der Waals surface area contributed by atoms with E-state index in [1.54, 1.807) is 12.1 Å². The molecular weight excluding hydrogens is 488 g/mol. The molecule has 9 heteroatoms. The lowest BCUT2D eigenvalue weighted by Crippen LogP contribution is -2.49. The standard InChI is InChI=1S/C29H28N2O7/c1-37-28(35)24(14-17-10-12-18(32)13-11-17)31-15-25(33)26(27(31)34)30-29(36)38-16-23-21-8-4-2-6-19(21)20-7-3-5-9-22(20)23/h2-13,23-26,32-33H,14-16H2,1H3,(H,30,36). The number of nitrogens with zero attached hydrogens (tertiary/aromatic N) is 1. The minimum absolute atomic E-state index is 0.0617. The van der Waals surface area contributed by atoms with Crippen molar-refractivity contribution in [3.8, 4) is 16.9 Å². The van der Waals surface area contributed by atoms with Gasteiger partial charge in [-0.2, -0.15) is 0 Å². The molecule has 3 unspecified atom stereocenters. The molecule has 3 atom stereocenters. The van der Waals surface area contributed by atoms with Crippen molar-refractivity contribution >= 4 is 18.0 Å². The third-order valence-electron chi connectivity index (χ3n) is 7.15. The van der Waals surface area contributed by atoms with Crippen LogP contribution in [-0.4, -0.2) is 71.5 Å². The van der Waals surface area contributed by atoms with E-state index in [0.717, 1.165) is 22.3 Å². The lowest BCUT2D eigenvalue weighted by atomic mass is 9.98. The number of phenols is 1. The quantitative estimate of drug-likeness (QED) is 0.412. The Balaban J connectivity index is 1.25. The van der Waals surface area contributed by atoms with Crippen molar-refractivity contribution in [3.63, 3.8) is 0 Å². The zero-order chi connectivity index (χ0) is 26.8. The number of nitrogens with one attached hydrogen (secondary N) is 1. The minimum Gasteiger partial charge on any atom is -0.508 e. The van der Waals surface area contributed by atoms with E-state index in [0.29, 0.717) is 5.56 Å². The zero-order valence-electron chi connectivity index (χ0n) is 20.7. The molecule has 0 radical (unpaired) electrons. The van der Waals surface area contributed by atoms with Gasteiger partial charge in [0.25, 0.3) is 0 Å². The molecule has 0 saturated carbocycles. The highest BCUT2D eigenvalue weighted by Gasteiger charge is 2.46. The van der Waals surface area contributed by atoms with Gasteiger partial charge in [-0.3, -0.25) is 4.79 Å².